The molecule has 1 heterocycles. The van der Waals surface area contributed by atoms with Crippen molar-refractivity contribution >= 4 is 17.4 Å². The largest absolute Gasteiger partial charge is 0.370 e. The number of nitrogens with one attached hydrogen (secondary N) is 1. The highest BCUT2D eigenvalue weighted by molar-refractivity contribution is 6.30. The lowest BCUT2D eigenvalue weighted by Crippen LogP contribution is -2.09. The van der Waals surface area contributed by atoms with Crippen molar-refractivity contribution in [2.75, 3.05) is 11.9 Å². The first-order valence-electron chi connectivity index (χ1n) is 7.63. The van der Waals surface area contributed by atoms with Gasteiger partial charge in [0.25, 0.3) is 0 Å². The summed E-state index contributed by atoms with van der Waals surface area (Å²) < 4.78 is 2.04. The molecule has 0 aliphatic carbocycles. The highest BCUT2D eigenvalue weighted by atomic mass is 35.5. The number of nitrogens with zero attached hydrogens (tertiary/aromatic N) is 2. The van der Waals surface area contributed by atoms with E-state index in [1.165, 1.54) is 5.56 Å². The second kappa shape index (κ2) is 7.51. The van der Waals surface area contributed by atoms with E-state index in [-0.39, 0.29) is 0 Å². The Labute approximate surface area is 132 Å². The zero-order chi connectivity index (χ0) is 15.2. The molecule has 114 valence electrons. The molecule has 21 heavy (non-hydrogen) atoms. The molecule has 0 atom stereocenters. The molecule has 0 aliphatic rings. The summed E-state index contributed by atoms with van der Waals surface area (Å²) in [5, 5.41) is 8.97. The first-order chi connectivity index (χ1) is 10.1. The van der Waals surface area contributed by atoms with Gasteiger partial charge in [0.2, 0.25) is 0 Å². The Morgan fingerprint density at radius 3 is 2.76 bits per heavy atom. The Kier molecular flexibility index (Phi) is 5.68. The fourth-order valence-corrected chi connectivity index (χ4v) is 2.53. The van der Waals surface area contributed by atoms with E-state index in [1.807, 2.05) is 22.9 Å². The molecular weight excluding hydrogens is 282 g/mol. The Balaban J connectivity index is 2.20. The number of benzene rings is 1. The van der Waals surface area contributed by atoms with Gasteiger partial charge >= 0.3 is 0 Å². The minimum absolute atomic E-state index is 0.610. The average molecular weight is 306 g/mol. The fourth-order valence-electron chi connectivity index (χ4n) is 2.31. The maximum atomic E-state index is 6.06. The summed E-state index contributed by atoms with van der Waals surface area (Å²) in [6.07, 6.45) is 2.10. The molecule has 0 fully saturated rings. The van der Waals surface area contributed by atoms with Crippen LogP contribution in [0.25, 0.3) is 0 Å². The van der Waals surface area contributed by atoms with E-state index in [1.54, 1.807) is 0 Å². The van der Waals surface area contributed by atoms with Gasteiger partial charge in [0.05, 0.1) is 12.2 Å². The predicted molar refractivity (Wildman–Crippen MR) is 90.1 cm³/mol. The molecule has 0 aliphatic heterocycles. The molecule has 0 bridgehead atoms. The monoisotopic (exact) mass is 305 g/mol. The van der Waals surface area contributed by atoms with Gasteiger partial charge in [-0.3, -0.25) is 0 Å². The lowest BCUT2D eigenvalue weighted by Gasteiger charge is -2.09. The van der Waals surface area contributed by atoms with Crippen molar-refractivity contribution in [3.8, 4) is 0 Å². The molecule has 0 unspecified atom stereocenters. The molecule has 0 spiro atoms. The van der Waals surface area contributed by atoms with Gasteiger partial charge in [0, 0.05) is 17.6 Å². The second-order valence-corrected chi connectivity index (χ2v) is 6.27. The van der Waals surface area contributed by atoms with E-state index in [2.05, 4.69) is 38.2 Å². The lowest BCUT2D eigenvalue weighted by molar-refractivity contribution is 0.609. The average Bonchev–Trinajstić information content (AvgIpc) is 2.77. The van der Waals surface area contributed by atoms with Crippen LogP contribution in [-0.2, 0) is 13.0 Å². The third-order valence-electron chi connectivity index (χ3n) is 3.23. The Hall–Kier alpha value is -1.48. The minimum Gasteiger partial charge on any atom is -0.370 e. The van der Waals surface area contributed by atoms with Crippen molar-refractivity contribution in [2.45, 2.75) is 40.2 Å². The van der Waals surface area contributed by atoms with E-state index in [0.29, 0.717) is 5.92 Å². The Bertz CT molecular complexity index is 575. The van der Waals surface area contributed by atoms with Gasteiger partial charge in [0.15, 0.2) is 0 Å². The smallest absolute Gasteiger partial charge is 0.124 e. The van der Waals surface area contributed by atoms with Crippen molar-refractivity contribution < 1.29 is 0 Å². The zero-order valence-corrected chi connectivity index (χ0v) is 13.8. The summed E-state index contributed by atoms with van der Waals surface area (Å²) in [5.74, 6) is 1.70. The number of hydrogen-bond acceptors (Lipinski definition) is 2. The number of aromatic nitrogens is 2. The van der Waals surface area contributed by atoms with Crippen molar-refractivity contribution in [1.82, 2.24) is 9.78 Å². The summed E-state index contributed by atoms with van der Waals surface area (Å²) >= 11 is 6.06. The normalized spacial score (nSPS) is 11.1. The van der Waals surface area contributed by atoms with Crippen molar-refractivity contribution in [3.63, 3.8) is 0 Å². The van der Waals surface area contributed by atoms with Gasteiger partial charge in [-0.05, 0) is 36.5 Å². The van der Waals surface area contributed by atoms with Gasteiger partial charge in [-0.15, -0.1) is 0 Å². The first kappa shape index (κ1) is 15.9. The molecule has 0 saturated heterocycles. The van der Waals surface area contributed by atoms with E-state index in [9.17, 15) is 0 Å². The predicted octanol–water partition coefficient (Wildman–Crippen LogP) is 4.61. The van der Waals surface area contributed by atoms with E-state index in [0.717, 1.165) is 42.5 Å². The Morgan fingerprint density at radius 1 is 1.29 bits per heavy atom. The fraction of sp³-hybridized carbons (Fsp3) is 0.471. The molecule has 1 N–H and O–H groups in total. The second-order valence-electron chi connectivity index (χ2n) is 5.83. The van der Waals surface area contributed by atoms with Crippen LogP contribution in [0.5, 0.6) is 0 Å². The molecule has 4 heteroatoms. The van der Waals surface area contributed by atoms with Crippen LogP contribution in [0.3, 0.4) is 0 Å². The zero-order valence-electron chi connectivity index (χ0n) is 13.1. The number of rotatable bonds is 7. The van der Waals surface area contributed by atoms with Crippen LogP contribution in [0.1, 0.15) is 38.4 Å². The molecule has 0 radical (unpaired) electrons. The standard InChI is InChI=1S/C17H24ClN3/c1-4-8-19-17-11-16(9-13(2)3)20-21(17)12-14-6-5-7-15(18)10-14/h5-7,10-11,13,19H,4,8-9,12H2,1-3H3. The Morgan fingerprint density at radius 2 is 2.10 bits per heavy atom. The van der Waals surface area contributed by atoms with E-state index >= 15 is 0 Å². The van der Waals surface area contributed by atoms with Crippen LogP contribution in [-0.4, -0.2) is 16.3 Å². The quantitative estimate of drug-likeness (QED) is 0.810. The molecule has 0 amide bonds. The summed E-state index contributed by atoms with van der Waals surface area (Å²) in [6, 6.07) is 10.1. The van der Waals surface area contributed by atoms with Crippen LogP contribution in [0, 0.1) is 5.92 Å². The topological polar surface area (TPSA) is 29.9 Å². The van der Waals surface area contributed by atoms with Crippen LogP contribution in [0.2, 0.25) is 5.02 Å². The maximum Gasteiger partial charge on any atom is 0.124 e. The minimum atomic E-state index is 0.610. The van der Waals surface area contributed by atoms with Crippen molar-refractivity contribution in [1.29, 1.82) is 0 Å². The van der Waals surface area contributed by atoms with Crippen LogP contribution in [0.4, 0.5) is 5.82 Å². The molecule has 0 saturated carbocycles. The van der Waals surface area contributed by atoms with Crippen molar-refractivity contribution in [3.05, 3.63) is 46.6 Å². The van der Waals surface area contributed by atoms with Gasteiger partial charge < -0.3 is 5.32 Å². The summed E-state index contributed by atoms with van der Waals surface area (Å²) in [5.41, 5.74) is 2.31. The van der Waals surface area contributed by atoms with Gasteiger partial charge in [-0.25, -0.2) is 4.68 Å². The molecule has 3 nitrogen and oxygen atoms in total. The van der Waals surface area contributed by atoms with Crippen LogP contribution >= 0.6 is 11.6 Å². The molecular formula is C17H24ClN3. The molecule has 1 aromatic heterocycles. The maximum absolute atomic E-state index is 6.06. The van der Waals surface area contributed by atoms with Gasteiger partial charge in [0.1, 0.15) is 5.82 Å². The molecule has 2 rings (SSSR count). The number of halogens is 1. The summed E-state index contributed by atoms with van der Waals surface area (Å²) in [4.78, 5) is 0. The lowest BCUT2D eigenvalue weighted by atomic mass is 10.1. The summed E-state index contributed by atoms with van der Waals surface area (Å²) in [6.45, 7) is 8.30. The SMILES string of the molecule is CCCNc1cc(CC(C)C)nn1Cc1cccc(Cl)c1. The van der Waals surface area contributed by atoms with E-state index in [4.69, 9.17) is 16.7 Å². The van der Waals surface area contributed by atoms with Crippen LogP contribution in [0.15, 0.2) is 30.3 Å². The van der Waals surface area contributed by atoms with Gasteiger partial charge in [-0.2, -0.15) is 5.10 Å². The molecule has 2 aromatic rings. The van der Waals surface area contributed by atoms with E-state index < -0.39 is 0 Å². The summed E-state index contributed by atoms with van der Waals surface area (Å²) in [7, 11) is 0. The van der Waals surface area contributed by atoms with Crippen molar-refractivity contribution in [2.24, 2.45) is 5.92 Å². The van der Waals surface area contributed by atoms with Gasteiger partial charge in [-0.1, -0.05) is 44.5 Å². The number of hydrogen-bond donors (Lipinski definition) is 1. The van der Waals surface area contributed by atoms with Crippen LogP contribution < -0.4 is 5.32 Å². The third-order valence-corrected chi connectivity index (χ3v) is 3.46. The molecule has 1 aromatic carbocycles. The third kappa shape index (κ3) is 4.78. The first-order valence-corrected chi connectivity index (χ1v) is 8.01. The highest BCUT2D eigenvalue weighted by Crippen LogP contribution is 2.18. The highest BCUT2D eigenvalue weighted by Gasteiger charge is 2.09. The number of anilines is 1.